The van der Waals surface area contributed by atoms with Gasteiger partial charge in [0.15, 0.2) is 0 Å². The standard InChI is InChI=1S/C3H13N3Si3/c1-7-5-9(3)6-8(2)4/h5-6H,4H2,1-3H3. The predicted octanol–water partition coefficient (Wildman–Crippen LogP) is -0.972. The number of nitrogens with one attached hydrogen (secondary N) is 2. The van der Waals surface area contributed by atoms with Gasteiger partial charge in [-0.3, -0.25) is 0 Å². The Hall–Kier alpha value is 0.531. The molecule has 0 aliphatic rings. The fourth-order valence-electron chi connectivity index (χ4n) is 0.515. The van der Waals surface area contributed by atoms with E-state index in [1.807, 2.05) is 0 Å². The minimum Gasteiger partial charge on any atom is -0.350 e. The highest BCUT2D eigenvalue weighted by Crippen LogP contribution is 1.67. The van der Waals surface area contributed by atoms with Crippen molar-refractivity contribution in [3.8, 4) is 0 Å². The van der Waals surface area contributed by atoms with E-state index in [4.69, 9.17) is 5.40 Å². The molecule has 0 aliphatic heterocycles. The van der Waals surface area contributed by atoms with E-state index >= 15 is 0 Å². The number of hydrogen-bond acceptors (Lipinski definition) is 3. The Morgan fingerprint density at radius 1 is 1.44 bits per heavy atom. The van der Waals surface area contributed by atoms with Gasteiger partial charge in [0, 0.05) is 0 Å². The zero-order valence-corrected chi connectivity index (χ0v) is 9.08. The van der Waals surface area contributed by atoms with E-state index in [1.165, 1.54) is 0 Å². The molecule has 0 rings (SSSR count). The van der Waals surface area contributed by atoms with E-state index in [9.17, 15) is 0 Å². The maximum Gasteiger partial charge on any atom is 0.211 e. The third-order valence-corrected chi connectivity index (χ3v) is 6.27. The van der Waals surface area contributed by atoms with Gasteiger partial charge < -0.3 is 14.7 Å². The molecule has 3 nitrogen and oxygen atoms in total. The molecular formula is C3H13N3Si3. The highest BCUT2D eigenvalue weighted by molar-refractivity contribution is 6.72. The number of hydrogen-bond donors (Lipinski definition) is 3. The summed E-state index contributed by atoms with van der Waals surface area (Å²) in [5.41, 5.74) is 0. The van der Waals surface area contributed by atoms with Crippen LogP contribution in [-0.4, -0.2) is 27.9 Å². The summed E-state index contributed by atoms with van der Waals surface area (Å²) in [6.07, 6.45) is 0. The quantitative estimate of drug-likeness (QED) is 0.482. The zero-order valence-electron chi connectivity index (χ0n) is 6.08. The predicted molar refractivity (Wildman–Crippen MR) is 45.3 cm³/mol. The average molecular weight is 175 g/mol. The summed E-state index contributed by atoms with van der Waals surface area (Å²) in [5.74, 6) is 0. The van der Waals surface area contributed by atoms with Crippen LogP contribution >= 0.6 is 0 Å². The van der Waals surface area contributed by atoms with E-state index in [0.717, 1.165) is 9.68 Å². The lowest BCUT2D eigenvalue weighted by Gasteiger charge is -2.11. The molecule has 0 amide bonds. The average Bonchev–Trinajstić information content (AvgIpc) is 1.63. The van der Waals surface area contributed by atoms with Gasteiger partial charge in [-0.15, -0.1) is 0 Å². The van der Waals surface area contributed by atoms with Crippen molar-refractivity contribution >= 4 is 27.9 Å². The van der Waals surface area contributed by atoms with Gasteiger partial charge in [0.05, 0.1) is 0 Å². The first kappa shape index (κ1) is 9.53. The van der Waals surface area contributed by atoms with Crippen LogP contribution in [0.4, 0.5) is 0 Å². The zero-order chi connectivity index (χ0) is 7.28. The van der Waals surface area contributed by atoms with Gasteiger partial charge in [-0.05, 0) is 13.1 Å². The SMILES string of the molecule is C[Si]N[Si](C)N[Si](C)N. The lowest BCUT2D eigenvalue weighted by molar-refractivity contribution is 1.31. The smallest absolute Gasteiger partial charge is 0.211 e. The van der Waals surface area contributed by atoms with Crippen LogP contribution in [0.2, 0.25) is 19.6 Å². The Kier molecular flexibility index (Phi) is 5.64. The third-order valence-electron chi connectivity index (χ3n) is 0.697. The molecule has 4 N–H and O–H groups in total. The molecule has 9 heavy (non-hydrogen) atoms. The van der Waals surface area contributed by atoms with Crippen molar-refractivity contribution in [2.75, 3.05) is 0 Å². The molecule has 0 aliphatic carbocycles. The Bertz CT molecular complexity index is 69.3. The monoisotopic (exact) mass is 175 g/mol. The van der Waals surface area contributed by atoms with Crippen LogP contribution in [0.25, 0.3) is 0 Å². The molecule has 0 aromatic carbocycles. The van der Waals surface area contributed by atoms with Crippen molar-refractivity contribution in [1.29, 1.82) is 0 Å². The van der Waals surface area contributed by atoms with E-state index in [-0.39, 0.29) is 0 Å². The summed E-state index contributed by atoms with van der Waals surface area (Å²) in [6, 6.07) is 0. The molecule has 0 aromatic heterocycles. The minimum atomic E-state index is -0.718. The normalized spacial score (nSPS) is 11.3. The molecule has 6 heteroatoms. The fourth-order valence-corrected chi connectivity index (χ4v) is 5.19. The van der Waals surface area contributed by atoms with Crippen LogP contribution in [0.15, 0.2) is 0 Å². The van der Waals surface area contributed by atoms with Crippen molar-refractivity contribution in [2.24, 2.45) is 5.40 Å². The number of rotatable bonds is 4. The van der Waals surface area contributed by atoms with E-state index in [1.54, 1.807) is 0 Å². The lowest BCUT2D eigenvalue weighted by atomic mass is 11.9. The second-order valence-electron chi connectivity index (χ2n) is 1.81. The maximum absolute atomic E-state index is 5.60. The molecule has 0 spiro atoms. The van der Waals surface area contributed by atoms with Crippen molar-refractivity contribution < 1.29 is 0 Å². The van der Waals surface area contributed by atoms with Gasteiger partial charge >= 0.3 is 0 Å². The van der Waals surface area contributed by atoms with Crippen molar-refractivity contribution in [3.63, 3.8) is 0 Å². The van der Waals surface area contributed by atoms with Crippen LogP contribution in [0.3, 0.4) is 0 Å². The molecule has 0 fully saturated rings. The molecule has 0 saturated heterocycles. The summed E-state index contributed by atoms with van der Waals surface area (Å²) in [7, 11) is -0.395. The lowest BCUT2D eigenvalue weighted by Crippen LogP contribution is -2.55. The molecular weight excluding hydrogens is 162 g/mol. The van der Waals surface area contributed by atoms with Crippen LogP contribution < -0.4 is 14.7 Å². The molecule has 0 aromatic rings. The summed E-state index contributed by atoms with van der Waals surface area (Å²) < 4.78 is 6.66. The van der Waals surface area contributed by atoms with E-state index in [2.05, 4.69) is 28.9 Å². The Labute approximate surface area is 62.8 Å². The summed E-state index contributed by atoms with van der Waals surface area (Å²) in [6.45, 7) is 6.37. The Morgan fingerprint density at radius 2 is 2.00 bits per heavy atom. The molecule has 0 bridgehead atoms. The minimum absolute atomic E-state index is 0.507. The summed E-state index contributed by atoms with van der Waals surface area (Å²) in [4.78, 5) is 0. The van der Waals surface area contributed by atoms with Gasteiger partial charge in [-0.1, -0.05) is 6.55 Å². The summed E-state index contributed by atoms with van der Waals surface area (Å²) in [5, 5.41) is 5.60. The Morgan fingerprint density at radius 3 is 2.33 bits per heavy atom. The molecule has 52 valence electrons. The van der Waals surface area contributed by atoms with Crippen LogP contribution in [0, 0.1) is 0 Å². The topological polar surface area (TPSA) is 50.1 Å². The first-order valence-corrected chi connectivity index (χ1v) is 8.37. The third kappa shape index (κ3) is 6.42. The highest BCUT2D eigenvalue weighted by Gasteiger charge is 2.05. The first-order valence-electron chi connectivity index (χ1n) is 2.79. The molecule has 0 unspecified atom stereocenters. The Balaban J connectivity index is 3.15. The second kappa shape index (κ2) is 5.33. The van der Waals surface area contributed by atoms with Gasteiger partial charge in [0.2, 0.25) is 18.2 Å². The maximum atomic E-state index is 5.60. The van der Waals surface area contributed by atoms with Crippen LogP contribution in [0.5, 0.6) is 0 Å². The van der Waals surface area contributed by atoms with Crippen molar-refractivity contribution in [1.82, 2.24) is 9.30 Å². The molecule has 0 atom stereocenters. The van der Waals surface area contributed by atoms with Gasteiger partial charge in [-0.2, -0.15) is 0 Å². The molecule has 0 heterocycles. The highest BCUT2D eigenvalue weighted by atomic mass is 28.4. The fraction of sp³-hybridized carbons (Fsp3) is 1.00. The largest absolute Gasteiger partial charge is 0.350 e. The van der Waals surface area contributed by atoms with Gasteiger partial charge in [0.25, 0.3) is 0 Å². The van der Waals surface area contributed by atoms with E-state index in [0.29, 0.717) is 0 Å². The van der Waals surface area contributed by atoms with E-state index < -0.39 is 18.2 Å². The molecule has 4 radical (unpaired) electrons. The van der Waals surface area contributed by atoms with Crippen molar-refractivity contribution in [2.45, 2.75) is 19.6 Å². The second-order valence-corrected chi connectivity index (χ2v) is 6.92. The number of nitrogens with two attached hydrogens (primary N) is 1. The van der Waals surface area contributed by atoms with Gasteiger partial charge in [-0.25, -0.2) is 0 Å². The van der Waals surface area contributed by atoms with Crippen molar-refractivity contribution in [3.05, 3.63) is 0 Å². The van der Waals surface area contributed by atoms with Crippen LogP contribution in [-0.2, 0) is 0 Å². The van der Waals surface area contributed by atoms with Gasteiger partial charge in [0.1, 0.15) is 9.68 Å². The van der Waals surface area contributed by atoms with Crippen LogP contribution in [0.1, 0.15) is 0 Å². The molecule has 0 saturated carbocycles. The first-order chi connectivity index (χ1) is 4.16. The summed E-state index contributed by atoms with van der Waals surface area (Å²) >= 11 is 0.